The first kappa shape index (κ1) is 14.5. The fourth-order valence-electron chi connectivity index (χ4n) is 1.63. The summed E-state index contributed by atoms with van der Waals surface area (Å²) in [7, 11) is 0. The molecule has 0 amide bonds. The van der Waals surface area contributed by atoms with Gasteiger partial charge < -0.3 is 10.4 Å². The van der Waals surface area contributed by atoms with Crippen LogP contribution in [-0.4, -0.2) is 19.9 Å². The van der Waals surface area contributed by atoms with Crippen LogP contribution in [0.5, 0.6) is 0 Å². The average Bonchev–Trinajstić information content (AvgIpc) is 2.37. The monoisotopic (exact) mass is 292 g/mol. The quantitative estimate of drug-likeness (QED) is 0.329. The van der Waals surface area contributed by atoms with Gasteiger partial charge in [0.15, 0.2) is 5.16 Å². The lowest BCUT2D eigenvalue weighted by atomic mass is 10.3. The SMILES string of the molecule is CCCc1nc(NN)cc(Sc2nc(C)cc(=O)[nH]2)n1. The molecule has 7 nitrogen and oxygen atoms in total. The highest BCUT2D eigenvalue weighted by atomic mass is 32.2. The first-order valence-corrected chi connectivity index (χ1v) is 7.02. The molecule has 2 aromatic rings. The molecule has 0 radical (unpaired) electrons. The first-order chi connectivity index (χ1) is 9.60. The Balaban J connectivity index is 2.31. The molecule has 20 heavy (non-hydrogen) atoms. The summed E-state index contributed by atoms with van der Waals surface area (Å²) in [6, 6.07) is 3.16. The Hall–Kier alpha value is -1.93. The minimum absolute atomic E-state index is 0.181. The van der Waals surface area contributed by atoms with Gasteiger partial charge in [-0.2, -0.15) is 0 Å². The van der Waals surface area contributed by atoms with Crippen molar-refractivity contribution in [1.82, 2.24) is 19.9 Å². The molecule has 0 bridgehead atoms. The number of nitrogens with two attached hydrogens (primary N) is 1. The topological polar surface area (TPSA) is 110 Å². The molecule has 0 fully saturated rings. The number of nitrogens with zero attached hydrogens (tertiary/aromatic N) is 3. The number of nitrogens with one attached hydrogen (secondary N) is 2. The van der Waals surface area contributed by atoms with Gasteiger partial charge in [-0.1, -0.05) is 6.92 Å². The summed E-state index contributed by atoms with van der Waals surface area (Å²) in [5, 5.41) is 1.18. The van der Waals surface area contributed by atoms with Crippen LogP contribution in [-0.2, 0) is 6.42 Å². The van der Waals surface area contributed by atoms with Crippen molar-refractivity contribution >= 4 is 17.6 Å². The van der Waals surface area contributed by atoms with E-state index >= 15 is 0 Å². The fraction of sp³-hybridized carbons (Fsp3) is 0.333. The number of hydrazine groups is 1. The minimum atomic E-state index is -0.181. The molecule has 0 saturated carbocycles. The van der Waals surface area contributed by atoms with E-state index in [0.29, 0.717) is 27.5 Å². The van der Waals surface area contributed by atoms with Crippen molar-refractivity contribution in [3.05, 3.63) is 34.0 Å². The predicted molar refractivity (Wildman–Crippen MR) is 77.6 cm³/mol. The summed E-state index contributed by atoms with van der Waals surface area (Å²) in [6.07, 6.45) is 1.71. The fourth-order valence-corrected chi connectivity index (χ4v) is 2.49. The Morgan fingerprint density at radius 2 is 2.15 bits per heavy atom. The number of rotatable bonds is 5. The van der Waals surface area contributed by atoms with Crippen LogP contribution in [0, 0.1) is 6.92 Å². The van der Waals surface area contributed by atoms with Crippen molar-refractivity contribution in [3.8, 4) is 0 Å². The number of anilines is 1. The van der Waals surface area contributed by atoms with Crippen molar-refractivity contribution in [3.63, 3.8) is 0 Å². The smallest absolute Gasteiger partial charge is 0.251 e. The molecule has 0 aliphatic carbocycles. The molecular formula is C12H16N6OS. The molecule has 8 heteroatoms. The van der Waals surface area contributed by atoms with E-state index in [2.05, 4.69) is 32.3 Å². The molecule has 4 N–H and O–H groups in total. The van der Waals surface area contributed by atoms with E-state index in [1.807, 2.05) is 0 Å². The second-order valence-electron chi connectivity index (χ2n) is 4.20. The normalized spacial score (nSPS) is 10.6. The molecular weight excluding hydrogens is 276 g/mol. The maximum Gasteiger partial charge on any atom is 0.251 e. The molecule has 2 heterocycles. The van der Waals surface area contributed by atoms with Gasteiger partial charge in [-0.25, -0.2) is 20.8 Å². The van der Waals surface area contributed by atoms with Crippen LogP contribution >= 0.6 is 11.8 Å². The van der Waals surface area contributed by atoms with E-state index in [4.69, 9.17) is 5.84 Å². The number of aryl methyl sites for hydroxylation is 2. The lowest BCUT2D eigenvalue weighted by Gasteiger charge is -2.06. The molecule has 0 spiro atoms. The molecule has 0 unspecified atom stereocenters. The van der Waals surface area contributed by atoms with Gasteiger partial charge in [0.1, 0.15) is 16.7 Å². The van der Waals surface area contributed by atoms with E-state index in [0.717, 1.165) is 12.8 Å². The summed E-state index contributed by atoms with van der Waals surface area (Å²) in [5.41, 5.74) is 3.00. The zero-order valence-corrected chi connectivity index (χ0v) is 12.1. The summed E-state index contributed by atoms with van der Waals surface area (Å²) < 4.78 is 0. The Bertz CT molecular complexity index is 657. The Kier molecular flexibility index (Phi) is 4.70. The molecule has 0 saturated heterocycles. The second-order valence-corrected chi connectivity index (χ2v) is 5.21. The zero-order chi connectivity index (χ0) is 14.5. The largest absolute Gasteiger partial charge is 0.308 e. The molecule has 0 atom stereocenters. The lowest BCUT2D eigenvalue weighted by molar-refractivity contribution is 0.808. The van der Waals surface area contributed by atoms with Gasteiger partial charge in [0, 0.05) is 24.2 Å². The van der Waals surface area contributed by atoms with Crippen molar-refractivity contribution < 1.29 is 0 Å². The third-order valence-electron chi connectivity index (χ3n) is 2.42. The Labute approximate surface area is 120 Å². The van der Waals surface area contributed by atoms with Crippen LogP contribution in [0.3, 0.4) is 0 Å². The first-order valence-electron chi connectivity index (χ1n) is 6.21. The van der Waals surface area contributed by atoms with Crippen LogP contribution in [0.1, 0.15) is 24.9 Å². The number of hydrogen-bond acceptors (Lipinski definition) is 7. The Morgan fingerprint density at radius 1 is 1.35 bits per heavy atom. The van der Waals surface area contributed by atoms with Gasteiger partial charge in [-0.15, -0.1) is 0 Å². The number of aromatic amines is 1. The standard InChI is InChI=1S/C12H16N6OS/c1-3-4-8-15-9(18-13)6-11(16-8)20-12-14-7(2)5-10(19)17-12/h5-6H,3-4,13H2,1-2H3,(H,14,17,19)(H,15,16,18). The van der Waals surface area contributed by atoms with Gasteiger partial charge in [-0.05, 0) is 25.1 Å². The maximum atomic E-state index is 11.4. The number of nitrogen functional groups attached to an aromatic ring is 1. The number of aromatic nitrogens is 4. The van der Waals surface area contributed by atoms with Crippen LogP contribution < -0.4 is 16.8 Å². The molecule has 0 aliphatic heterocycles. The number of H-pyrrole nitrogens is 1. The van der Waals surface area contributed by atoms with Crippen LogP contribution in [0.4, 0.5) is 5.82 Å². The Morgan fingerprint density at radius 3 is 2.80 bits per heavy atom. The van der Waals surface area contributed by atoms with Crippen molar-refractivity contribution in [2.24, 2.45) is 5.84 Å². The van der Waals surface area contributed by atoms with Gasteiger partial charge >= 0.3 is 0 Å². The predicted octanol–water partition coefficient (Wildman–Crippen LogP) is 1.26. The van der Waals surface area contributed by atoms with Crippen LogP contribution in [0.25, 0.3) is 0 Å². The third-order valence-corrected chi connectivity index (χ3v) is 3.22. The van der Waals surface area contributed by atoms with E-state index in [-0.39, 0.29) is 5.56 Å². The second kappa shape index (κ2) is 6.49. The van der Waals surface area contributed by atoms with E-state index in [1.54, 1.807) is 13.0 Å². The lowest BCUT2D eigenvalue weighted by Crippen LogP contribution is -2.11. The van der Waals surface area contributed by atoms with E-state index in [9.17, 15) is 4.79 Å². The van der Waals surface area contributed by atoms with Crippen molar-refractivity contribution in [1.29, 1.82) is 0 Å². The van der Waals surface area contributed by atoms with Crippen LogP contribution in [0.15, 0.2) is 27.1 Å². The maximum absolute atomic E-state index is 11.4. The summed E-state index contributed by atoms with van der Waals surface area (Å²) in [4.78, 5) is 27.0. The van der Waals surface area contributed by atoms with E-state index < -0.39 is 0 Å². The molecule has 0 aliphatic rings. The minimum Gasteiger partial charge on any atom is -0.308 e. The molecule has 106 valence electrons. The zero-order valence-electron chi connectivity index (χ0n) is 11.3. The summed E-state index contributed by atoms with van der Waals surface area (Å²) >= 11 is 1.27. The molecule has 0 aromatic carbocycles. The van der Waals surface area contributed by atoms with Crippen LogP contribution in [0.2, 0.25) is 0 Å². The number of hydrogen-bond donors (Lipinski definition) is 3. The molecule has 2 aromatic heterocycles. The highest BCUT2D eigenvalue weighted by Crippen LogP contribution is 2.24. The summed E-state index contributed by atoms with van der Waals surface area (Å²) in [6.45, 7) is 3.83. The third kappa shape index (κ3) is 3.78. The van der Waals surface area contributed by atoms with E-state index in [1.165, 1.54) is 17.8 Å². The highest BCUT2D eigenvalue weighted by molar-refractivity contribution is 7.99. The summed E-state index contributed by atoms with van der Waals surface area (Å²) in [5.74, 6) is 6.65. The average molecular weight is 292 g/mol. The van der Waals surface area contributed by atoms with Crippen molar-refractivity contribution in [2.75, 3.05) is 5.43 Å². The molecule has 2 rings (SSSR count). The van der Waals surface area contributed by atoms with Gasteiger partial charge in [0.25, 0.3) is 5.56 Å². The van der Waals surface area contributed by atoms with Gasteiger partial charge in [-0.3, -0.25) is 4.79 Å². The van der Waals surface area contributed by atoms with Crippen molar-refractivity contribution in [2.45, 2.75) is 36.9 Å². The van der Waals surface area contributed by atoms with Gasteiger partial charge in [0.05, 0.1) is 0 Å². The highest BCUT2D eigenvalue weighted by Gasteiger charge is 2.07. The van der Waals surface area contributed by atoms with Gasteiger partial charge in [0.2, 0.25) is 0 Å².